The lowest BCUT2D eigenvalue weighted by Crippen LogP contribution is -2.35. The molecule has 1 aromatic heterocycles. The third kappa shape index (κ3) is 1.83. The van der Waals surface area contributed by atoms with Crippen LogP contribution in [0.3, 0.4) is 0 Å². The van der Waals surface area contributed by atoms with Crippen LogP contribution in [0.15, 0.2) is 48.7 Å². The summed E-state index contributed by atoms with van der Waals surface area (Å²) < 4.78 is 0. The number of fused-ring (bicyclic) bond motifs is 2. The highest BCUT2D eigenvalue weighted by Crippen LogP contribution is 2.33. The fourth-order valence-electron chi connectivity index (χ4n) is 3.08. The number of benzene rings is 2. The minimum atomic E-state index is 0.0453. The number of carbonyl (C=O) groups excluding carboxylic acids is 1. The predicted molar refractivity (Wildman–Crippen MR) is 82.5 cm³/mol. The first-order valence-electron chi connectivity index (χ1n) is 7.08. The number of carbonyl (C=O) groups is 1. The van der Waals surface area contributed by atoms with Gasteiger partial charge in [-0.3, -0.25) is 9.89 Å². The summed E-state index contributed by atoms with van der Waals surface area (Å²) in [7, 11) is 0. The van der Waals surface area contributed by atoms with E-state index in [1.54, 1.807) is 6.20 Å². The molecule has 4 rings (SSSR count). The van der Waals surface area contributed by atoms with Gasteiger partial charge in [0.05, 0.1) is 11.7 Å². The van der Waals surface area contributed by atoms with Crippen LogP contribution in [-0.4, -0.2) is 22.1 Å². The molecule has 2 aromatic carbocycles. The molecule has 0 saturated heterocycles. The normalized spacial score (nSPS) is 17.2. The van der Waals surface area contributed by atoms with Gasteiger partial charge in [0, 0.05) is 22.7 Å². The number of nitrogens with one attached hydrogen (secondary N) is 1. The van der Waals surface area contributed by atoms with Gasteiger partial charge in [-0.1, -0.05) is 24.3 Å². The molecule has 1 aliphatic rings. The maximum atomic E-state index is 12.9. The molecule has 104 valence electrons. The highest BCUT2D eigenvalue weighted by Gasteiger charge is 2.31. The average molecular weight is 277 g/mol. The van der Waals surface area contributed by atoms with E-state index in [2.05, 4.69) is 23.2 Å². The van der Waals surface area contributed by atoms with Crippen LogP contribution in [-0.2, 0) is 6.42 Å². The van der Waals surface area contributed by atoms with Gasteiger partial charge in [-0.25, -0.2) is 0 Å². The van der Waals surface area contributed by atoms with Crippen LogP contribution in [0.4, 0.5) is 5.69 Å². The van der Waals surface area contributed by atoms with Crippen molar-refractivity contribution in [2.24, 2.45) is 0 Å². The second-order valence-electron chi connectivity index (χ2n) is 5.53. The van der Waals surface area contributed by atoms with Crippen molar-refractivity contribution in [3.8, 4) is 0 Å². The largest absolute Gasteiger partial charge is 0.305 e. The smallest absolute Gasteiger partial charge is 0.258 e. The van der Waals surface area contributed by atoms with Crippen molar-refractivity contribution in [3.05, 3.63) is 59.8 Å². The van der Waals surface area contributed by atoms with Gasteiger partial charge in [-0.05, 0) is 37.1 Å². The quantitative estimate of drug-likeness (QED) is 0.742. The summed E-state index contributed by atoms with van der Waals surface area (Å²) in [6.07, 6.45) is 2.67. The first-order chi connectivity index (χ1) is 10.2. The minimum Gasteiger partial charge on any atom is -0.305 e. The van der Waals surface area contributed by atoms with E-state index in [9.17, 15) is 4.79 Å². The van der Waals surface area contributed by atoms with Crippen molar-refractivity contribution in [3.63, 3.8) is 0 Å². The lowest BCUT2D eigenvalue weighted by atomic mass is 10.1. The van der Waals surface area contributed by atoms with Crippen LogP contribution in [0.5, 0.6) is 0 Å². The number of hydrogen-bond donors (Lipinski definition) is 1. The third-order valence-electron chi connectivity index (χ3n) is 4.11. The molecule has 2 heterocycles. The summed E-state index contributed by atoms with van der Waals surface area (Å²) in [5, 5.41) is 7.93. The van der Waals surface area contributed by atoms with Crippen molar-refractivity contribution in [1.82, 2.24) is 10.2 Å². The van der Waals surface area contributed by atoms with Crippen LogP contribution in [0.2, 0.25) is 0 Å². The number of nitrogens with zero attached hydrogens (tertiary/aromatic N) is 2. The monoisotopic (exact) mass is 277 g/mol. The van der Waals surface area contributed by atoms with Gasteiger partial charge in [0.1, 0.15) is 0 Å². The molecule has 0 fully saturated rings. The van der Waals surface area contributed by atoms with Gasteiger partial charge in [0.25, 0.3) is 5.91 Å². The van der Waals surface area contributed by atoms with E-state index in [1.165, 1.54) is 5.56 Å². The maximum absolute atomic E-state index is 12.9. The first-order valence-corrected chi connectivity index (χ1v) is 7.08. The summed E-state index contributed by atoms with van der Waals surface area (Å²) in [5.74, 6) is 0.0453. The molecule has 1 atom stereocenters. The Balaban J connectivity index is 1.77. The van der Waals surface area contributed by atoms with Gasteiger partial charge in [-0.2, -0.15) is 5.10 Å². The third-order valence-corrected chi connectivity index (χ3v) is 4.11. The average Bonchev–Trinajstić information content (AvgIpc) is 3.08. The molecule has 0 bridgehead atoms. The van der Waals surface area contributed by atoms with Crippen LogP contribution in [0, 0.1) is 0 Å². The summed E-state index contributed by atoms with van der Waals surface area (Å²) in [6.45, 7) is 2.09. The molecule has 3 aromatic rings. The Hall–Kier alpha value is -2.62. The Morgan fingerprint density at radius 3 is 3.05 bits per heavy atom. The molecule has 1 N–H and O–H groups in total. The number of hydrogen-bond acceptors (Lipinski definition) is 2. The van der Waals surface area contributed by atoms with E-state index in [-0.39, 0.29) is 11.9 Å². The number of rotatable bonds is 1. The summed E-state index contributed by atoms with van der Waals surface area (Å²) in [5.41, 5.74) is 3.84. The van der Waals surface area contributed by atoms with Crippen LogP contribution in [0.25, 0.3) is 10.9 Å². The summed E-state index contributed by atoms with van der Waals surface area (Å²) in [6, 6.07) is 14.0. The minimum absolute atomic E-state index is 0.0453. The Morgan fingerprint density at radius 2 is 2.14 bits per heavy atom. The van der Waals surface area contributed by atoms with Crippen molar-refractivity contribution >= 4 is 22.5 Å². The van der Waals surface area contributed by atoms with Crippen LogP contribution in [0.1, 0.15) is 22.8 Å². The number of anilines is 1. The van der Waals surface area contributed by atoms with Crippen molar-refractivity contribution in [2.75, 3.05) is 4.90 Å². The second kappa shape index (κ2) is 4.45. The van der Waals surface area contributed by atoms with Gasteiger partial charge in [0.2, 0.25) is 0 Å². The molecule has 0 radical (unpaired) electrons. The standard InChI is InChI=1S/C17H15N3O/c1-11-8-12-4-2-3-5-16(12)20(11)17(21)13-6-7-14-10-18-19-15(14)9-13/h2-7,9-11H,8H2,1H3,(H,18,19). The van der Waals surface area contributed by atoms with Crippen molar-refractivity contribution in [1.29, 1.82) is 0 Å². The zero-order valence-corrected chi connectivity index (χ0v) is 11.7. The summed E-state index contributed by atoms with van der Waals surface area (Å²) >= 11 is 0. The molecular weight excluding hydrogens is 262 g/mol. The van der Waals surface area contributed by atoms with Crippen LogP contribution < -0.4 is 4.90 Å². The van der Waals surface area contributed by atoms with Crippen molar-refractivity contribution in [2.45, 2.75) is 19.4 Å². The highest BCUT2D eigenvalue weighted by molar-refractivity contribution is 6.09. The molecule has 0 saturated carbocycles. The molecule has 0 aliphatic carbocycles. The molecule has 21 heavy (non-hydrogen) atoms. The lowest BCUT2D eigenvalue weighted by molar-refractivity contribution is 0.0981. The zero-order chi connectivity index (χ0) is 14.4. The predicted octanol–water partition coefficient (Wildman–Crippen LogP) is 3.15. The Labute approximate surface area is 122 Å². The number of H-pyrrole nitrogens is 1. The molecule has 1 amide bonds. The first kappa shape index (κ1) is 12.1. The molecule has 1 aliphatic heterocycles. The van der Waals surface area contributed by atoms with E-state index in [0.717, 1.165) is 23.0 Å². The zero-order valence-electron chi connectivity index (χ0n) is 11.7. The topological polar surface area (TPSA) is 49.0 Å². The Bertz CT molecular complexity index is 837. The highest BCUT2D eigenvalue weighted by atomic mass is 16.2. The molecular formula is C17H15N3O. The lowest BCUT2D eigenvalue weighted by Gasteiger charge is -2.22. The van der Waals surface area contributed by atoms with E-state index in [1.807, 2.05) is 41.3 Å². The summed E-state index contributed by atoms with van der Waals surface area (Å²) in [4.78, 5) is 14.8. The van der Waals surface area contributed by atoms with E-state index in [0.29, 0.717) is 5.56 Å². The van der Waals surface area contributed by atoms with Crippen molar-refractivity contribution < 1.29 is 4.79 Å². The molecule has 4 heteroatoms. The maximum Gasteiger partial charge on any atom is 0.258 e. The van der Waals surface area contributed by atoms with Gasteiger partial charge >= 0.3 is 0 Å². The Morgan fingerprint density at radius 1 is 1.29 bits per heavy atom. The van der Waals surface area contributed by atoms with Gasteiger partial charge in [-0.15, -0.1) is 0 Å². The van der Waals surface area contributed by atoms with E-state index >= 15 is 0 Å². The SMILES string of the molecule is CC1Cc2ccccc2N1C(=O)c1ccc2cn[nH]c2c1. The second-order valence-corrected chi connectivity index (χ2v) is 5.53. The fraction of sp³-hybridized carbons (Fsp3) is 0.176. The Kier molecular flexibility index (Phi) is 2.57. The number of aromatic amines is 1. The number of amides is 1. The van der Waals surface area contributed by atoms with E-state index in [4.69, 9.17) is 0 Å². The fourth-order valence-corrected chi connectivity index (χ4v) is 3.08. The van der Waals surface area contributed by atoms with E-state index < -0.39 is 0 Å². The molecule has 1 unspecified atom stereocenters. The number of aromatic nitrogens is 2. The number of para-hydroxylation sites is 1. The van der Waals surface area contributed by atoms with Gasteiger partial charge < -0.3 is 4.90 Å². The van der Waals surface area contributed by atoms with Gasteiger partial charge in [0.15, 0.2) is 0 Å². The van der Waals surface area contributed by atoms with Crippen LogP contribution >= 0.6 is 0 Å². The molecule has 0 spiro atoms. The molecule has 4 nitrogen and oxygen atoms in total.